The molecule has 1 aromatic carbocycles. The van der Waals surface area contributed by atoms with Crippen LogP contribution in [-0.4, -0.2) is 55.2 Å². The number of hydrogen-bond donors (Lipinski definition) is 3. The van der Waals surface area contributed by atoms with Crippen LogP contribution >= 0.6 is 0 Å². The zero-order valence-corrected chi connectivity index (χ0v) is 17.4. The Hall–Kier alpha value is -2.02. The number of hydrogen-bond acceptors (Lipinski definition) is 5. The lowest BCUT2D eigenvalue weighted by atomic mass is 9.78. The molecule has 0 aliphatic carbocycles. The maximum atomic E-state index is 9.60. The molecule has 0 aliphatic rings. The quantitative estimate of drug-likeness (QED) is 0.291. The zero-order chi connectivity index (χ0) is 21.2. The Labute approximate surface area is 169 Å². The first kappa shape index (κ1) is 24.0. The summed E-state index contributed by atoms with van der Waals surface area (Å²) in [6.45, 7) is 10.2. The maximum absolute atomic E-state index is 9.60. The van der Waals surface area contributed by atoms with E-state index in [1.165, 1.54) is 0 Å². The van der Waals surface area contributed by atoms with E-state index in [0.29, 0.717) is 12.1 Å². The molecule has 1 unspecified atom stereocenters. The van der Waals surface area contributed by atoms with E-state index in [0.717, 1.165) is 16.9 Å². The van der Waals surface area contributed by atoms with E-state index in [4.69, 9.17) is 14.6 Å². The lowest BCUT2D eigenvalue weighted by molar-refractivity contribution is 0.0328. The predicted octanol–water partition coefficient (Wildman–Crippen LogP) is 2.14. The molecule has 3 N–H and O–H groups in total. The van der Waals surface area contributed by atoms with Gasteiger partial charge in [0, 0.05) is 5.41 Å². The molecule has 0 saturated heterocycles. The van der Waals surface area contributed by atoms with Gasteiger partial charge in [-0.3, -0.25) is 0 Å². The van der Waals surface area contributed by atoms with Gasteiger partial charge in [-0.25, -0.2) is 0 Å². The van der Waals surface area contributed by atoms with Gasteiger partial charge < -0.3 is 24.8 Å². The third-order valence-corrected chi connectivity index (χ3v) is 4.68. The Balaban J connectivity index is 2.75. The van der Waals surface area contributed by atoms with Gasteiger partial charge in [0.1, 0.15) is 38.7 Å². The highest BCUT2D eigenvalue weighted by Crippen LogP contribution is 2.32. The fourth-order valence-corrected chi connectivity index (χ4v) is 2.33. The number of ether oxygens (including phenoxy) is 2. The summed E-state index contributed by atoms with van der Waals surface area (Å²) in [6.07, 6.45) is 4.79. The van der Waals surface area contributed by atoms with Crippen LogP contribution in [0.2, 0.25) is 6.32 Å². The van der Waals surface area contributed by atoms with Gasteiger partial charge in [0.15, 0.2) is 0 Å². The molecule has 0 amide bonds. The molecule has 1 aromatic rings. The summed E-state index contributed by atoms with van der Waals surface area (Å²) in [6, 6.07) is 7.79. The second-order valence-electron chi connectivity index (χ2n) is 7.22. The van der Waals surface area contributed by atoms with E-state index in [1.54, 1.807) is 12.2 Å². The van der Waals surface area contributed by atoms with Crippen molar-refractivity contribution in [1.82, 2.24) is 0 Å². The molecule has 2 atom stereocenters. The van der Waals surface area contributed by atoms with Crippen LogP contribution in [0.3, 0.4) is 0 Å². The predicted molar refractivity (Wildman–Crippen MR) is 115 cm³/mol. The minimum Gasteiger partial charge on any atom is -0.491 e. The Morgan fingerprint density at radius 3 is 2.32 bits per heavy atom. The van der Waals surface area contributed by atoms with Crippen molar-refractivity contribution >= 4 is 7.85 Å². The van der Waals surface area contributed by atoms with E-state index in [-0.39, 0.29) is 25.2 Å². The number of benzene rings is 1. The van der Waals surface area contributed by atoms with Crippen LogP contribution in [0.25, 0.3) is 0 Å². The van der Waals surface area contributed by atoms with Gasteiger partial charge in [-0.05, 0) is 42.3 Å². The highest BCUT2D eigenvalue weighted by Gasteiger charge is 2.22. The fraction of sp³-hybridized carbons (Fsp3) is 0.455. The summed E-state index contributed by atoms with van der Waals surface area (Å²) in [5.74, 6) is 1.32. The number of rotatable bonds is 12. The van der Waals surface area contributed by atoms with Gasteiger partial charge in [0.2, 0.25) is 0 Å². The number of aliphatic hydroxyl groups is 3. The lowest BCUT2D eigenvalue weighted by Crippen LogP contribution is -2.20. The van der Waals surface area contributed by atoms with Crippen molar-refractivity contribution in [3.05, 3.63) is 66.0 Å². The summed E-state index contributed by atoms with van der Waals surface area (Å²) in [4.78, 5) is 0. The second kappa shape index (κ2) is 11.7. The smallest absolute Gasteiger partial charge is 0.119 e. The van der Waals surface area contributed by atoms with E-state index < -0.39 is 12.2 Å². The number of aliphatic hydroxyl groups excluding tert-OH is 3. The van der Waals surface area contributed by atoms with Crippen molar-refractivity contribution in [2.75, 3.05) is 19.8 Å². The van der Waals surface area contributed by atoms with Gasteiger partial charge in [-0.1, -0.05) is 45.0 Å². The van der Waals surface area contributed by atoms with Crippen molar-refractivity contribution in [2.24, 2.45) is 0 Å². The molecular formula is C22H33BO5. The summed E-state index contributed by atoms with van der Waals surface area (Å²) >= 11 is 0. The molecule has 0 heterocycles. The molecule has 5 nitrogen and oxygen atoms in total. The van der Waals surface area contributed by atoms with Crippen LogP contribution < -0.4 is 4.74 Å². The van der Waals surface area contributed by atoms with Crippen molar-refractivity contribution in [2.45, 2.75) is 44.7 Å². The second-order valence-corrected chi connectivity index (χ2v) is 7.22. The normalized spacial score (nSPS) is 14.7. The van der Waals surface area contributed by atoms with Gasteiger partial charge in [-0.2, -0.15) is 0 Å². The molecule has 0 aliphatic heterocycles. The van der Waals surface area contributed by atoms with Crippen LogP contribution in [0, 0.1) is 0 Å². The molecular weight excluding hydrogens is 355 g/mol. The fourth-order valence-electron chi connectivity index (χ4n) is 2.33. The van der Waals surface area contributed by atoms with Gasteiger partial charge in [0.25, 0.3) is 0 Å². The van der Waals surface area contributed by atoms with Crippen LogP contribution in [0.5, 0.6) is 5.75 Å². The van der Waals surface area contributed by atoms with Gasteiger partial charge >= 0.3 is 0 Å². The summed E-state index contributed by atoms with van der Waals surface area (Å²) in [5, 5.41) is 27.9. The Morgan fingerprint density at radius 2 is 1.79 bits per heavy atom. The van der Waals surface area contributed by atoms with Gasteiger partial charge in [-0.15, -0.1) is 0 Å². The first-order valence-corrected chi connectivity index (χ1v) is 9.61. The van der Waals surface area contributed by atoms with Crippen LogP contribution in [0.1, 0.15) is 26.3 Å². The molecule has 28 heavy (non-hydrogen) atoms. The molecule has 0 aromatic heterocycles. The monoisotopic (exact) mass is 388 g/mol. The van der Waals surface area contributed by atoms with Crippen LogP contribution in [0.4, 0.5) is 0 Å². The van der Waals surface area contributed by atoms with E-state index in [9.17, 15) is 10.2 Å². The first-order chi connectivity index (χ1) is 13.2. The van der Waals surface area contributed by atoms with E-state index in [2.05, 4.69) is 20.4 Å². The Kier molecular flexibility index (Phi) is 10.1. The Bertz CT molecular complexity index is 664. The highest BCUT2D eigenvalue weighted by molar-refractivity contribution is 6.08. The average Bonchev–Trinajstić information content (AvgIpc) is 2.71. The standard InChI is InChI=1S/C22H33BO5/c1-5-20(27-15-19(26)13-24)9-6-16(2)22(3,4)17-7-10-21(11-8-17)28-14-18(25)12-23/h5-11,18-19,24-26H,2,12-15,23H2,1,3-4H3/b9-6-,20-5+/t18?,19-/m0/s1. The van der Waals surface area contributed by atoms with Crippen molar-refractivity contribution in [3.8, 4) is 5.75 Å². The maximum Gasteiger partial charge on any atom is 0.119 e. The summed E-state index contributed by atoms with van der Waals surface area (Å²) in [7, 11) is 1.91. The lowest BCUT2D eigenvalue weighted by Gasteiger charge is -2.26. The Morgan fingerprint density at radius 1 is 1.14 bits per heavy atom. The molecule has 6 heteroatoms. The van der Waals surface area contributed by atoms with Crippen LogP contribution in [0.15, 0.2) is 60.4 Å². The molecule has 1 rings (SSSR count). The third-order valence-electron chi connectivity index (χ3n) is 4.68. The largest absolute Gasteiger partial charge is 0.491 e. The van der Waals surface area contributed by atoms with E-state index in [1.807, 2.05) is 45.1 Å². The molecule has 0 bridgehead atoms. The molecule has 0 radical (unpaired) electrons. The topological polar surface area (TPSA) is 79.2 Å². The summed E-state index contributed by atoms with van der Waals surface area (Å²) < 4.78 is 11.1. The van der Waals surface area contributed by atoms with E-state index >= 15 is 0 Å². The SMILES string of the molecule is BCC(O)COc1ccc(C(C)(C)C(=C)/C=C\C(=C/C)OC[C@@H](O)CO)cc1. The van der Waals surface area contributed by atoms with Crippen molar-refractivity contribution < 1.29 is 24.8 Å². The molecule has 0 fully saturated rings. The summed E-state index contributed by atoms with van der Waals surface area (Å²) in [5.41, 5.74) is 1.68. The molecule has 0 spiro atoms. The minimum atomic E-state index is -0.901. The third kappa shape index (κ3) is 7.54. The van der Waals surface area contributed by atoms with Crippen molar-refractivity contribution in [1.29, 1.82) is 0 Å². The minimum absolute atomic E-state index is 0.0323. The first-order valence-electron chi connectivity index (χ1n) is 9.61. The zero-order valence-electron chi connectivity index (χ0n) is 17.4. The number of allylic oxidation sites excluding steroid dienone is 4. The van der Waals surface area contributed by atoms with Crippen molar-refractivity contribution in [3.63, 3.8) is 0 Å². The van der Waals surface area contributed by atoms with Gasteiger partial charge in [0.05, 0.1) is 12.7 Å². The van der Waals surface area contributed by atoms with Crippen LogP contribution in [-0.2, 0) is 10.2 Å². The average molecular weight is 388 g/mol. The molecule has 0 saturated carbocycles. The highest BCUT2D eigenvalue weighted by atomic mass is 16.5. The molecule has 154 valence electrons.